The topological polar surface area (TPSA) is 111 Å². The van der Waals surface area contributed by atoms with Crippen LogP contribution in [0.3, 0.4) is 0 Å². The van der Waals surface area contributed by atoms with Crippen molar-refractivity contribution in [1.29, 1.82) is 0 Å². The highest BCUT2D eigenvalue weighted by atomic mass is 31.2. The van der Waals surface area contributed by atoms with Gasteiger partial charge in [0.2, 0.25) is 0 Å². The van der Waals surface area contributed by atoms with Crippen LogP contribution in [-0.4, -0.2) is 70.0 Å². The monoisotopic (exact) mass is 1180 g/mol. The van der Waals surface area contributed by atoms with E-state index in [4.69, 9.17) is 18.5 Å². The molecule has 490 valence electrons. The smallest absolute Gasteiger partial charge is 0.306 e. The number of carbonyl (C=O) groups is 2. The van der Waals surface area contributed by atoms with Crippen LogP contribution in [0.2, 0.25) is 0 Å². The van der Waals surface area contributed by atoms with E-state index in [9.17, 15) is 19.0 Å². The molecule has 0 aliphatic rings. The van der Waals surface area contributed by atoms with Gasteiger partial charge in [-0.3, -0.25) is 14.2 Å². The van der Waals surface area contributed by atoms with E-state index < -0.39 is 26.5 Å². The Labute approximate surface area is 512 Å². The van der Waals surface area contributed by atoms with Crippen LogP contribution < -0.4 is 4.89 Å². The van der Waals surface area contributed by atoms with Gasteiger partial charge in [0.15, 0.2) is 6.10 Å². The number of ether oxygens (including phenoxy) is 2. The molecule has 0 aliphatic heterocycles. The van der Waals surface area contributed by atoms with Gasteiger partial charge >= 0.3 is 11.9 Å². The first-order chi connectivity index (χ1) is 40.0. The zero-order chi connectivity index (χ0) is 59.8. The summed E-state index contributed by atoms with van der Waals surface area (Å²) in [5, 5.41) is 0. The van der Waals surface area contributed by atoms with Gasteiger partial charge in [0.25, 0.3) is 7.82 Å². The maximum atomic E-state index is 12.9. The van der Waals surface area contributed by atoms with Crippen molar-refractivity contribution in [2.75, 3.05) is 47.5 Å². The summed E-state index contributed by atoms with van der Waals surface area (Å²) in [6, 6.07) is 0. The highest BCUT2D eigenvalue weighted by Crippen LogP contribution is 2.38. The van der Waals surface area contributed by atoms with Gasteiger partial charge in [0.05, 0.1) is 27.7 Å². The maximum Gasteiger partial charge on any atom is 0.306 e. The van der Waals surface area contributed by atoms with Crippen LogP contribution in [0.1, 0.15) is 399 Å². The molecule has 0 rings (SSSR count). The highest BCUT2D eigenvalue weighted by Gasteiger charge is 2.22. The molecule has 0 radical (unpaired) electrons. The normalized spacial score (nSPS) is 13.0. The van der Waals surface area contributed by atoms with Crippen molar-refractivity contribution in [3.63, 3.8) is 0 Å². The minimum atomic E-state index is -4.64. The molecule has 0 spiro atoms. The molecule has 0 heterocycles. The zero-order valence-electron chi connectivity index (χ0n) is 56.0. The molecular formula is C72H144NO8P. The van der Waals surface area contributed by atoms with E-state index in [1.165, 1.54) is 334 Å². The van der Waals surface area contributed by atoms with Gasteiger partial charge in [-0.05, 0) is 12.8 Å². The molecule has 0 N–H and O–H groups in total. The molecule has 0 fully saturated rings. The second-order valence-corrected chi connectivity index (χ2v) is 28.1. The summed E-state index contributed by atoms with van der Waals surface area (Å²) in [5.74, 6) is -0.802. The standard InChI is InChI=1S/C72H144NO8P/c1-6-8-10-12-14-16-18-20-22-24-26-28-30-32-34-36-37-39-41-43-45-47-49-51-53-55-57-59-61-63-65-72(75)81-70(69-80-82(76,77)79-67-66-73(3,4)5)68-78-71(74)64-62-60-58-56-54-52-50-48-46-44-42-40-38-35-33-31-29-27-25-23-21-19-17-15-13-11-9-7-2/h70H,6-69H2,1-5H3. The van der Waals surface area contributed by atoms with E-state index >= 15 is 0 Å². The van der Waals surface area contributed by atoms with Crippen molar-refractivity contribution in [2.45, 2.75) is 405 Å². The SMILES string of the molecule is CCCCCCCCCCCCCCCCCCCCCCCCCCCCCCCCC(=O)OC(COC(=O)CCCCCCCCCCCCCCCCCCCCCCCCCCCCCC)COP(=O)([O-])OCC[N+](C)(C)C. The van der Waals surface area contributed by atoms with Crippen molar-refractivity contribution >= 4 is 19.8 Å². The lowest BCUT2D eigenvalue weighted by Gasteiger charge is -2.28. The molecule has 0 aromatic rings. The Bertz CT molecular complexity index is 1340. The summed E-state index contributed by atoms with van der Waals surface area (Å²) in [6.07, 6.45) is 77.8. The van der Waals surface area contributed by atoms with Crippen molar-refractivity contribution in [2.24, 2.45) is 0 Å². The van der Waals surface area contributed by atoms with Crippen LogP contribution in [0.15, 0.2) is 0 Å². The average Bonchev–Trinajstić information content (AvgIpc) is 3.46. The Balaban J connectivity index is 3.94. The molecule has 10 heteroatoms. The van der Waals surface area contributed by atoms with E-state index in [1.807, 2.05) is 21.1 Å². The second-order valence-electron chi connectivity index (χ2n) is 26.7. The Morgan fingerprint density at radius 1 is 0.329 bits per heavy atom. The molecule has 0 saturated heterocycles. The lowest BCUT2D eigenvalue weighted by molar-refractivity contribution is -0.870. The lowest BCUT2D eigenvalue weighted by Crippen LogP contribution is -2.37. The van der Waals surface area contributed by atoms with Gasteiger partial charge in [-0.25, -0.2) is 0 Å². The van der Waals surface area contributed by atoms with E-state index in [0.717, 1.165) is 32.1 Å². The van der Waals surface area contributed by atoms with Crippen LogP contribution in [-0.2, 0) is 32.7 Å². The Morgan fingerprint density at radius 2 is 0.549 bits per heavy atom. The fourth-order valence-corrected chi connectivity index (χ4v) is 12.2. The number of likely N-dealkylation sites (N-methyl/N-ethyl adjacent to an activating group) is 1. The van der Waals surface area contributed by atoms with Gasteiger partial charge in [0.1, 0.15) is 19.8 Å². The number of quaternary nitrogens is 1. The number of hydrogen-bond donors (Lipinski definition) is 0. The largest absolute Gasteiger partial charge is 0.756 e. The van der Waals surface area contributed by atoms with Gasteiger partial charge in [0, 0.05) is 12.8 Å². The van der Waals surface area contributed by atoms with Gasteiger partial charge in [-0.1, -0.05) is 373 Å². The molecular weight excluding hydrogens is 1040 g/mol. The minimum Gasteiger partial charge on any atom is -0.756 e. The Kier molecular flexibility index (Phi) is 63.7. The third-order valence-corrected chi connectivity index (χ3v) is 18.1. The Morgan fingerprint density at radius 3 is 0.780 bits per heavy atom. The predicted octanol–water partition coefficient (Wildman–Crippen LogP) is 23.1. The highest BCUT2D eigenvalue weighted by molar-refractivity contribution is 7.45. The number of carbonyl (C=O) groups excluding carboxylic acids is 2. The Hall–Kier alpha value is -0.990. The van der Waals surface area contributed by atoms with Gasteiger partial charge < -0.3 is 27.9 Å². The summed E-state index contributed by atoms with van der Waals surface area (Å²) in [5.41, 5.74) is 0. The number of phosphoric ester groups is 1. The fourth-order valence-electron chi connectivity index (χ4n) is 11.5. The van der Waals surface area contributed by atoms with E-state index in [1.54, 1.807) is 0 Å². The summed E-state index contributed by atoms with van der Waals surface area (Å²) in [4.78, 5) is 38.1. The quantitative estimate of drug-likeness (QED) is 0.0256. The summed E-state index contributed by atoms with van der Waals surface area (Å²) in [6.45, 7) is 4.34. The molecule has 0 aromatic heterocycles. The fraction of sp³-hybridized carbons (Fsp3) is 0.972. The lowest BCUT2D eigenvalue weighted by atomic mass is 10.0. The van der Waals surface area contributed by atoms with E-state index in [-0.39, 0.29) is 32.0 Å². The van der Waals surface area contributed by atoms with Crippen molar-refractivity contribution < 1.29 is 42.1 Å². The minimum absolute atomic E-state index is 0.0247. The molecule has 9 nitrogen and oxygen atoms in total. The molecule has 0 saturated carbocycles. The van der Waals surface area contributed by atoms with Crippen LogP contribution >= 0.6 is 7.82 Å². The maximum absolute atomic E-state index is 12.9. The first-order valence-corrected chi connectivity index (χ1v) is 38.2. The molecule has 0 aromatic carbocycles. The zero-order valence-corrected chi connectivity index (χ0v) is 56.9. The van der Waals surface area contributed by atoms with Crippen molar-refractivity contribution in [3.05, 3.63) is 0 Å². The van der Waals surface area contributed by atoms with Crippen LogP contribution in [0.5, 0.6) is 0 Å². The van der Waals surface area contributed by atoms with Crippen LogP contribution in [0, 0.1) is 0 Å². The third-order valence-electron chi connectivity index (χ3n) is 17.1. The molecule has 2 atom stereocenters. The number of nitrogens with zero attached hydrogens (tertiary/aromatic N) is 1. The first-order valence-electron chi connectivity index (χ1n) is 36.7. The number of hydrogen-bond acceptors (Lipinski definition) is 8. The summed E-state index contributed by atoms with van der Waals surface area (Å²) in [7, 11) is 1.20. The number of unbranched alkanes of at least 4 members (excludes halogenated alkanes) is 56. The van der Waals surface area contributed by atoms with E-state index in [0.29, 0.717) is 17.4 Å². The molecule has 82 heavy (non-hydrogen) atoms. The summed E-state index contributed by atoms with van der Waals surface area (Å²) < 4.78 is 34.4. The second kappa shape index (κ2) is 64.5. The molecule has 2 unspecified atom stereocenters. The predicted molar refractivity (Wildman–Crippen MR) is 352 cm³/mol. The van der Waals surface area contributed by atoms with Crippen molar-refractivity contribution in [3.8, 4) is 0 Å². The van der Waals surface area contributed by atoms with Gasteiger partial charge in [-0.2, -0.15) is 0 Å². The summed E-state index contributed by atoms with van der Waals surface area (Å²) >= 11 is 0. The van der Waals surface area contributed by atoms with Crippen molar-refractivity contribution in [1.82, 2.24) is 0 Å². The molecule has 0 aliphatic carbocycles. The van der Waals surface area contributed by atoms with E-state index in [2.05, 4.69) is 13.8 Å². The first kappa shape index (κ1) is 81.0. The third kappa shape index (κ3) is 68.1. The number of rotatable bonds is 70. The number of esters is 2. The number of phosphoric acid groups is 1. The van der Waals surface area contributed by atoms with Crippen LogP contribution in [0.25, 0.3) is 0 Å². The molecule has 0 amide bonds. The van der Waals surface area contributed by atoms with Crippen LogP contribution in [0.4, 0.5) is 0 Å². The van der Waals surface area contributed by atoms with Gasteiger partial charge in [-0.15, -0.1) is 0 Å². The molecule has 0 bridgehead atoms. The average molecular weight is 1180 g/mol.